The quantitative estimate of drug-likeness (QED) is 0.0495. The van der Waals surface area contributed by atoms with E-state index in [0.717, 1.165) is 0 Å². The molecule has 0 radical (unpaired) electrons. The SMILES string of the molecule is Fc1c(F)c(F)c(-c2c(F)c(F)c(-c3c(F)c(F)c([B-](c4c(F)c(F)c(-c5c(F)c(F)c(-c6c(F)c(F)c(F)c(F)c6F)c(F)c5F)c(F)c4F)(c4c(F)c(F)c(-c5c(F)c(F)c(-c6c(F)c(F)c(F)c(F)c6F)c(F)c5F)c(F)c4F)c4c(F)c(F)c(-c5c(F)c(F)c(-c6c(F)c(F)c(F)c(F)c6F)c(F)c5F)c(F)c4F)c(F)c3F)c(F)c2F)c(F)c1F. The molecule has 0 saturated carbocycles. The Morgan fingerprint density at radius 2 is 0.112 bits per heavy atom. The third-order valence-electron chi connectivity index (χ3n) is 18.8. The number of benzene rings is 12. The molecular formula is C72BF52-. The number of rotatable bonds is 12. The first kappa shape index (κ1) is 91.3. The van der Waals surface area contributed by atoms with Crippen LogP contribution in [0.1, 0.15) is 0 Å². The fourth-order valence-electron chi connectivity index (χ4n) is 13.4. The van der Waals surface area contributed by atoms with Crippen molar-refractivity contribution in [2.75, 3.05) is 0 Å². The van der Waals surface area contributed by atoms with Gasteiger partial charge >= 0.3 is 0 Å². The second-order valence-corrected chi connectivity index (χ2v) is 24.8. The van der Waals surface area contributed by atoms with E-state index in [0.29, 0.717) is 0 Å². The fourth-order valence-corrected chi connectivity index (χ4v) is 13.4. The van der Waals surface area contributed by atoms with Gasteiger partial charge in [-0.25, -0.2) is 228 Å². The van der Waals surface area contributed by atoms with Crippen molar-refractivity contribution in [3.8, 4) is 89.0 Å². The summed E-state index contributed by atoms with van der Waals surface area (Å²) in [6.07, 6.45) is -9.29. The molecule has 0 spiro atoms. The predicted molar refractivity (Wildman–Crippen MR) is 311 cm³/mol. The van der Waals surface area contributed by atoms with Crippen LogP contribution in [0.15, 0.2) is 0 Å². The largest absolute Gasteiger partial charge is 0.207 e. The molecule has 12 aromatic carbocycles. The zero-order valence-electron chi connectivity index (χ0n) is 56.2. The van der Waals surface area contributed by atoms with E-state index in [1.807, 2.05) is 0 Å². The van der Waals surface area contributed by atoms with Gasteiger partial charge in [0.2, 0.25) is 23.3 Å². The summed E-state index contributed by atoms with van der Waals surface area (Å²) in [4.78, 5) is 0. The predicted octanol–water partition coefficient (Wildman–Crippen LogP) is 23.6. The van der Waals surface area contributed by atoms with Gasteiger partial charge in [0.15, 0.2) is 233 Å². The smallest absolute Gasteiger partial charge is 0.200 e. The van der Waals surface area contributed by atoms with Gasteiger partial charge in [-0.3, -0.25) is 0 Å². The average molecular weight is 1860 g/mol. The van der Waals surface area contributed by atoms with Crippen LogP contribution in [-0.2, 0) is 0 Å². The maximum atomic E-state index is 18.3. The van der Waals surface area contributed by atoms with E-state index < -0.39 is 420 Å². The number of hydrogen-bond acceptors (Lipinski definition) is 0. The first-order chi connectivity index (χ1) is 57.8. The molecule has 0 bridgehead atoms. The lowest BCUT2D eigenvalue weighted by Gasteiger charge is -2.45. The van der Waals surface area contributed by atoms with Crippen molar-refractivity contribution in [2.24, 2.45) is 0 Å². The third kappa shape index (κ3) is 12.1. The topological polar surface area (TPSA) is 0 Å². The minimum absolute atomic E-state index is 3.30. The molecule has 0 aromatic heterocycles. The van der Waals surface area contributed by atoms with Gasteiger partial charge in [0, 0.05) is 0 Å². The van der Waals surface area contributed by atoms with Gasteiger partial charge in [-0.15, -0.1) is 21.9 Å². The van der Waals surface area contributed by atoms with Gasteiger partial charge in [-0.1, -0.05) is 0 Å². The van der Waals surface area contributed by atoms with E-state index in [4.69, 9.17) is 0 Å². The summed E-state index contributed by atoms with van der Waals surface area (Å²) in [6.45, 7) is 0. The van der Waals surface area contributed by atoms with Crippen LogP contribution in [0.5, 0.6) is 0 Å². The summed E-state index contributed by atoms with van der Waals surface area (Å²) in [5.74, 6) is -214. The Hall–Kier alpha value is -12.9. The summed E-state index contributed by atoms with van der Waals surface area (Å²) < 4.78 is 839. The minimum atomic E-state index is -9.29. The van der Waals surface area contributed by atoms with Crippen LogP contribution in [-0.4, -0.2) is 6.15 Å². The minimum Gasteiger partial charge on any atom is -0.207 e. The van der Waals surface area contributed by atoms with Gasteiger partial charge in [0.25, 0.3) is 0 Å². The maximum Gasteiger partial charge on any atom is 0.200 e. The zero-order chi connectivity index (χ0) is 94.1. The van der Waals surface area contributed by atoms with E-state index in [1.165, 1.54) is 0 Å². The van der Waals surface area contributed by atoms with Crippen molar-refractivity contribution < 1.29 is 228 Å². The zero-order valence-corrected chi connectivity index (χ0v) is 56.2. The lowest BCUT2D eigenvalue weighted by Crippen LogP contribution is -2.81. The van der Waals surface area contributed by atoms with Crippen LogP contribution >= 0.6 is 0 Å². The lowest BCUT2D eigenvalue weighted by molar-refractivity contribution is 0.379. The van der Waals surface area contributed by atoms with Gasteiger partial charge in [-0.05, 0) is 0 Å². The molecule has 0 unspecified atom stereocenters. The molecule has 12 aromatic rings. The second kappa shape index (κ2) is 30.8. The van der Waals surface area contributed by atoms with Crippen molar-refractivity contribution in [1.29, 1.82) is 0 Å². The van der Waals surface area contributed by atoms with Gasteiger partial charge in [-0.2, -0.15) is 0 Å². The Balaban J connectivity index is 1.34. The monoisotopic (exact) mass is 1860 g/mol. The fraction of sp³-hybridized carbons (Fsp3) is 0. The molecule has 53 heteroatoms. The van der Waals surface area contributed by atoms with Crippen molar-refractivity contribution in [1.82, 2.24) is 0 Å². The van der Waals surface area contributed by atoms with Crippen LogP contribution < -0.4 is 21.9 Å². The van der Waals surface area contributed by atoms with Gasteiger partial charge in [0.05, 0.1) is 89.0 Å². The first-order valence-electron chi connectivity index (χ1n) is 31.0. The summed E-state index contributed by atoms with van der Waals surface area (Å²) in [5, 5.41) is 0. The maximum absolute atomic E-state index is 18.3. The van der Waals surface area contributed by atoms with E-state index >= 15 is 176 Å². The molecule has 0 N–H and O–H groups in total. The van der Waals surface area contributed by atoms with Crippen molar-refractivity contribution in [2.45, 2.75) is 0 Å². The molecule has 0 heterocycles. The molecule has 12 rings (SSSR count). The second-order valence-electron chi connectivity index (χ2n) is 24.8. The Labute approximate surface area is 646 Å². The molecular weight excluding hydrogens is 1860 g/mol. The van der Waals surface area contributed by atoms with E-state index in [1.54, 1.807) is 0 Å². The number of halogens is 52. The first-order valence-corrected chi connectivity index (χ1v) is 31.0. The van der Waals surface area contributed by atoms with Crippen molar-refractivity contribution in [3.63, 3.8) is 0 Å². The Morgan fingerprint density at radius 1 is 0.0640 bits per heavy atom. The molecule has 125 heavy (non-hydrogen) atoms. The molecule has 0 saturated heterocycles. The Morgan fingerprint density at radius 3 is 0.184 bits per heavy atom. The summed E-state index contributed by atoms with van der Waals surface area (Å²) in [5.41, 5.74) is -79.0. The third-order valence-corrected chi connectivity index (χ3v) is 18.8. The summed E-state index contributed by atoms with van der Waals surface area (Å²) in [6, 6.07) is 0. The van der Waals surface area contributed by atoms with E-state index in [9.17, 15) is 52.7 Å². The van der Waals surface area contributed by atoms with Gasteiger partial charge < -0.3 is 0 Å². The molecule has 0 aliphatic carbocycles. The molecule has 0 nitrogen and oxygen atoms in total. The summed E-state index contributed by atoms with van der Waals surface area (Å²) in [7, 11) is 0. The van der Waals surface area contributed by atoms with E-state index in [-0.39, 0.29) is 0 Å². The van der Waals surface area contributed by atoms with Crippen LogP contribution in [0.3, 0.4) is 0 Å². The molecule has 0 fully saturated rings. The van der Waals surface area contributed by atoms with Crippen molar-refractivity contribution in [3.05, 3.63) is 302 Å². The highest BCUT2D eigenvalue weighted by atomic mass is 19.2. The van der Waals surface area contributed by atoms with Crippen LogP contribution in [0.2, 0.25) is 0 Å². The normalized spacial score (nSPS) is 12.0. The molecule has 0 aliphatic rings. The Kier molecular flexibility index (Phi) is 22.5. The molecule has 0 aliphatic heterocycles. The van der Waals surface area contributed by atoms with Crippen LogP contribution in [0.4, 0.5) is 228 Å². The lowest BCUT2D eigenvalue weighted by atomic mass is 9.12. The van der Waals surface area contributed by atoms with Gasteiger partial charge in [0.1, 0.15) is 52.7 Å². The highest BCUT2D eigenvalue weighted by Crippen LogP contribution is 2.51. The van der Waals surface area contributed by atoms with Crippen LogP contribution in [0, 0.1) is 302 Å². The van der Waals surface area contributed by atoms with Crippen molar-refractivity contribution >= 4 is 28.0 Å². The highest BCUT2D eigenvalue weighted by Gasteiger charge is 2.55. The summed E-state index contributed by atoms with van der Waals surface area (Å²) >= 11 is 0. The average Bonchev–Trinajstić information content (AvgIpc) is 0.671. The molecule has 0 atom stereocenters. The molecule has 0 amide bonds. The highest BCUT2D eigenvalue weighted by molar-refractivity contribution is 7.20. The van der Waals surface area contributed by atoms with E-state index in [2.05, 4.69) is 0 Å². The van der Waals surface area contributed by atoms with Crippen LogP contribution in [0.25, 0.3) is 89.0 Å². The molecule has 656 valence electrons. The standard InChI is InChI=1S/C72BF52/c74-21-1(22(75)30(83)5(29(21)82)13-45(98)61(114)69(122)62(115)46(13)99)9-37(90)53(106)17(54(107)38(9)91)73(18-55(108)39(92)10(40(93)56(18)109)2-23(76)31(84)6(32(85)24(2)77)14-47(100)63(116)70(123)64(117)48(14)101,19-57(110)41(94)11(42(95)58(19)111)3-25(78)33(86)7(34(87)26(3)79)15-49(102)65(118)71(124)66(119)50(15)103)20-59(112)43(96)12(44(97)60(20)113)4-27(80)35(88)8(36(89)28(4)81)16-51(104)67(120)72(125)68(121)52(16)105/q-1. The number of hydrogen-bond donors (Lipinski definition) is 0. The Bertz CT molecular complexity index is 5810.